The molecule has 25 heavy (non-hydrogen) atoms. The number of hydrogen-bond donors (Lipinski definition) is 3. The number of piperidine rings is 2. The molecule has 0 aromatic heterocycles. The third kappa shape index (κ3) is 4.42. The van der Waals surface area contributed by atoms with Crippen molar-refractivity contribution >= 4 is 33.4 Å². The second-order valence-electron chi connectivity index (χ2n) is 6.28. The highest BCUT2D eigenvalue weighted by atomic mass is 32.3. The summed E-state index contributed by atoms with van der Waals surface area (Å²) in [7, 11) is -4.91. The number of carbonyl (C=O) groups is 2. The van der Waals surface area contributed by atoms with Crippen LogP contribution in [0, 0.1) is 0 Å². The molecule has 3 aliphatic rings. The zero-order valence-electron chi connectivity index (χ0n) is 13.3. The number of nitrogens with one attached hydrogen (secondary N) is 2. The Morgan fingerprint density at radius 3 is 2.68 bits per heavy atom. The van der Waals surface area contributed by atoms with Gasteiger partial charge in [0.2, 0.25) is 5.91 Å². The van der Waals surface area contributed by atoms with Crippen LogP contribution >= 0.6 is 0 Å². The van der Waals surface area contributed by atoms with Crippen molar-refractivity contribution in [3.8, 4) is 0 Å². The van der Waals surface area contributed by atoms with E-state index in [0.29, 0.717) is 0 Å². The van der Waals surface area contributed by atoms with Gasteiger partial charge >= 0.3 is 10.4 Å². The first-order valence-electron chi connectivity index (χ1n) is 7.88. The van der Waals surface area contributed by atoms with E-state index in [0.717, 1.165) is 30.2 Å². The summed E-state index contributed by atoms with van der Waals surface area (Å²) >= 11 is -2.54. The molecule has 3 aliphatic heterocycles. The standard InChI is InChI=1S/C12H20N4O7S2/c17-11-5-9(12(18)14-8-1-3-13-4-2-8)15-6-10(11)16(7-15)24(19)23-25(20,21)22/h8-10,13H,1-7H2,(H,14,18)(H,20,21,22). The number of fused-ring (bicyclic) bond motifs is 2. The second kappa shape index (κ2) is 7.34. The molecule has 2 bridgehead atoms. The van der Waals surface area contributed by atoms with Crippen molar-refractivity contribution in [3.05, 3.63) is 0 Å². The number of nitrogens with zero attached hydrogens (tertiary/aromatic N) is 2. The van der Waals surface area contributed by atoms with Crippen LogP contribution < -0.4 is 10.6 Å². The van der Waals surface area contributed by atoms with Crippen LogP contribution in [0.25, 0.3) is 0 Å². The van der Waals surface area contributed by atoms with Gasteiger partial charge in [-0.05, 0) is 25.9 Å². The summed E-state index contributed by atoms with van der Waals surface area (Å²) in [5.41, 5.74) is 0. The molecule has 3 fully saturated rings. The van der Waals surface area contributed by atoms with Gasteiger partial charge in [0.25, 0.3) is 11.3 Å². The Bertz CT molecular complexity index is 679. The number of ketones is 1. The Kier molecular flexibility index (Phi) is 5.53. The first-order chi connectivity index (χ1) is 11.7. The monoisotopic (exact) mass is 396 g/mol. The maximum atomic E-state index is 12.5. The average Bonchev–Trinajstić information content (AvgIpc) is 2.91. The molecule has 0 spiro atoms. The summed E-state index contributed by atoms with van der Waals surface area (Å²) in [4.78, 5) is 26.5. The molecule has 3 saturated heterocycles. The maximum Gasteiger partial charge on any atom is 0.411 e. The molecule has 0 saturated carbocycles. The highest BCUT2D eigenvalue weighted by Gasteiger charge is 2.49. The fraction of sp³-hybridized carbons (Fsp3) is 0.833. The van der Waals surface area contributed by atoms with Gasteiger partial charge in [0, 0.05) is 19.0 Å². The van der Waals surface area contributed by atoms with E-state index in [1.54, 1.807) is 4.90 Å². The van der Waals surface area contributed by atoms with Gasteiger partial charge in [-0.3, -0.25) is 19.0 Å². The summed E-state index contributed by atoms with van der Waals surface area (Å²) in [5, 5.41) is 6.14. The molecule has 4 atom stereocenters. The third-order valence-electron chi connectivity index (χ3n) is 4.61. The Morgan fingerprint density at radius 2 is 2.04 bits per heavy atom. The SMILES string of the molecule is O=C(NC1CCNCC1)C1CC(=O)C2CN1CN2S(=O)OS(=O)(=O)O. The smallest absolute Gasteiger partial charge is 0.352 e. The zero-order chi connectivity index (χ0) is 18.2. The molecule has 142 valence electrons. The minimum Gasteiger partial charge on any atom is -0.352 e. The average molecular weight is 396 g/mol. The third-order valence-corrected chi connectivity index (χ3v) is 6.51. The fourth-order valence-corrected chi connectivity index (χ4v) is 4.91. The minimum atomic E-state index is -4.91. The molecule has 0 aromatic rings. The van der Waals surface area contributed by atoms with Crippen LogP contribution in [0.1, 0.15) is 19.3 Å². The Labute approximate surface area is 147 Å². The van der Waals surface area contributed by atoms with Crippen LogP contribution in [0.5, 0.6) is 0 Å². The molecular weight excluding hydrogens is 376 g/mol. The van der Waals surface area contributed by atoms with Crippen molar-refractivity contribution in [2.24, 2.45) is 0 Å². The molecule has 0 aromatic carbocycles. The lowest BCUT2D eigenvalue weighted by molar-refractivity contribution is -0.133. The van der Waals surface area contributed by atoms with Crippen LogP contribution in [0.4, 0.5) is 0 Å². The predicted octanol–water partition coefficient (Wildman–Crippen LogP) is -2.46. The minimum absolute atomic E-state index is 0.0406. The molecule has 3 heterocycles. The normalized spacial score (nSPS) is 32.5. The number of rotatable bonds is 5. The van der Waals surface area contributed by atoms with Gasteiger partial charge in [-0.2, -0.15) is 12.7 Å². The first kappa shape index (κ1) is 18.8. The lowest BCUT2D eigenvalue weighted by atomic mass is 9.98. The Balaban J connectivity index is 1.65. The van der Waals surface area contributed by atoms with Gasteiger partial charge in [-0.25, -0.2) is 4.21 Å². The van der Waals surface area contributed by atoms with E-state index >= 15 is 0 Å². The first-order valence-corrected chi connectivity index (χ1v) is 10.3. The number of Topliss-reactive ketones (excluding diaryl/α,β-unsaturated/α-hetero) is 1. The van der Waals surface area contributed by atoms with Crippen molar-refractivity contribution in [2.75, 3.05) is 26.3 Å². The summed E-state index contributed by atoms with van der Waals surface area (Å²) in [6.07, 6.45) is 1.59. The quantitative estimate of drug-likeness (QED) is 0.431. The number of hydrogen-bond acceptors (Lipinski definition) is 8. The molecule has 11 nitrogen and oxygen atoms in total. The lowest BCUT2D eigenvalue weighted by Gasteiger charge is -2.31. The molecule has 0 aliphatic carbocycles. The van der Waals surface area contributed by atoms with Gasteiger partial charge in [0.05, 0.1) is 18.8 Å². The van der Waals surface area contributed by atoms with Crippen LogP contribution in [-0.4, -0.2) is 82.5 Å². The van der Waals surface area contributed by atoms with Gasteiger partial charge in [-0.15, -0.1) is 3.63 Å². The van der Waals surface area contributed by atoms with E-state index in [9.17, 15) is 22.2 Å². The van der Waals surface area contributed by atoms with Gasteiger partial charge in [-0.1, -0.05) is 0 Å². The highest BCUT2D eigenvalue weighted by Crippen LogP contribution is 2.28. The van der Waals surface area contributed by atoms with Crippen molar-refractivity contribution in [2.45, 2.75) is 37.4 Å². The molecule has 1 amide bonds. The summed E-state index contributed by atoms with van der Waals surface area (Å²) in [6.45, 7) is 1.73. The van der Waals surface area contributed by atoms with Crippen molar-refractivity contribution < 1.29 is 30.4 Å². The van der Waals surface area contributed by atoms with E-state index in [-0.39, 0.29) is 37.4 Å². The second-order valence-corrected chi connectivity index (χ2v) is 8.58. The van der Waals surface area contributed by atoms with Crippen LogP contribution in [0.3, 0.4) is 0 Å². The van der Waals surface area contributed by atoms with Crippen LogP contribution in [-0.2, 0) is 34.9 Å². The summed E-state index contributed by atoms with van der Waals surface area (Å²) < 4.78 is 47.1. The molecular formula is C12H20N4O7S2. The lowest BCUT2D eigenvalue weighted by Crippen LogP contribution is -2.54. The fourth-order valence-electron chi connectivity index (χ4n) is 3.38. The van der Waals surface area contributed by atoms with Gasteiger partial charge in [0.15, 0.2) is 5.78 Å². The largest absolute Gasteiger partial charge is 0.411 e. The molecule has 0 radical (unpaired) electrons. The highest BCUT2D eigenvalue weighted by molar-refractivity contribution is 7.92. The van der Waals surface area contributed by atoms with E-state index in [1.807, 2.05) is 0 Å². The van der Waals surface area contributed by atoms with E-state index < -0.39 is 33.7 Å². The Morgan fingerprint density at radius 1 is 1.36 bits per heavy atom. The number of carbonyl (C=O) groups excluding carboxylic acids is 2. The van der Waals surface area contributed by atoms with Gasteiger partial charge < -0.3 is 10.6 Å². The van der Waals surface area contributed by atoms with Crippen LogP contribution in [0.2, 0.25) is 0 Å². The van der Waals surface area contributed by atoms with Crippen molar-refractivity contribution in [1.82, 2.24) is 19.8 Å². The topological polar surface area (TPSA) is 145 Å². The predicted molar refractivity (Wildman–Crippen MR) is 85.4 cm³/mol. The van der Waals surface area contributed by atoms with E-state index in [4.69, 9.17) is 4.55 Å². The van der Waals surface area contributed by atoms with E-state index in [2.05, 4.69) is 14.3 Å². The van der Waals surface area contributed by atoms with Crippen LogP contribution in [0.15, 0.2) is 0 Å². The summed E-state index contributed by atoms with van der Waals surface area (Å²) in [5.74, 6) is -0.575. The molecule has 13 heteroatoms. The Hall–Kier alpha value is -0.960. The molecule has 3 N–H and O–H groups in total. The maximum absolute atomic E-state index is 12.5. The number of amides is 1. The molecule has 3 rings (SSSR count). The van der Waals surface area contributed by atoms with Gasteiger partial charge in [0.1, 0.15) is 0 Å². The van der Waals surface area contributed by atoms with Crippen molar-refractivity contribution in [1.29, 1.82) is 0 Å². The summed E-state index contributed by atoms with van der Waals surface area (Å²) in [6, 6.07) is -1.46. The van der Waals surface area contributed by atoms with Crippen molar-refractivity contribution in [3.63, 3.8) is 0 Å². The zero-order valence-corrected chi connectivity index (χ0v) is 14.9. The molecule has 4 unspecified atom stereocenters. The van der Waals surface area contributed by atoms with E-state index in [1.165, 1.54) is 0 Å².